The molecule has 3 N–H and O–H groups in total. The molecule has 29 heavy (non-hydrogen) atoms. The van der Waals surface area contributed by atoms with Gasteiger partial charge in [0.15, 0.2) is 0 Å². The average Bonchev–Trinajstić information content (AvgIpc) is 2.69. The topological polar surface area (TPSA) is 88.4 Å². The zero-order valence-electron chi connectivity index (χ0n) is 17.6. The summed E-state index contributed by atoms with van der Waals surface area (Å²) in [5.41, 5.74) is -0.891. The van der Waals surface area contributed by atoms with Crippen molar-refractivity contribution in [1.29, 1.82) is 0 Å². The van der Waals surface area contributed by atoms with Crippen molar-refractivity contribution in [2.45, 2.75) is 94.9 Å². The van der Waals surface area contributed by atoms with Crippen LogP contribution in [0.15, 0.2) is 11.1 Å². The van der Waals surface area contributed by atoms with Crippen molar-refractivity contribution < 1.29 is 29.5 Å². The Balaban J connectivity index is 1.54. The molecule has 2 fully saturated rings. The van der Waals surface area contributed by atoms with Gasteiger partial charge >= 0.3 is 0 Å². The van der Waals surface area contributed by atoms with Crippen LogP contribution < -0.4 is 0 Å². The van der Waals surface area contributed by atoms with Gasteiger partial charge < -0.3 is 29.5 Å². The van der Waals surface area contributed by atoms with Crippen molar-refractivity contribution in [3.05, 3.63) is 11.1 Å². The van der Waals surface area contributed by atoms with Crippen LogP contribution in [-0.4, -0.2) is 71.3 Å². The van der Waals surface area contributed by atoms with E-state index in [-0.39, 0.29) is 25.0 Å². The first-order valence-electron chi connectivity index (χ1n) is 11.2. The molecule has 1 spiro atoms. The molecule has 0 aromatic rings. The summed E-state index contributed by atoms with van der Waals surface area (Å²) in [6, 6.07) is 0. The van der Waals surface area contributed by atoms with Gasteiger partial charge in [-0.05, 0) is 50.9 Å². The quantitative estimate of drug-likeness (QED) is 0.485. The maximum Gasteiger partial charge on any atom is 0.143 e. The lowest BCUT2D eigenvalue weighted by Gasteiger charge is -2.54. The second kappa shape index (κ2) is 10.4. The standard InChI is InChI=1S/C22H37ClO6/c1-3-16(28-4-2)8-6-5-7-14-11-15(9-10-17(14)23)20-18(24)19(25)21(26)22(29-20)12-27-13-22/h10,14-16,18-21,24-26H,3-9,11-13H2,1-2H3/t14?,15?,16?,18-,19-,20+,21+/m1/s1. The third kappa shape index (κ3) is 5.17. The minimum atomic E-state index is -1.22. The lowest BCUT2D eigenvalue weighted by atomic mass is 9.74. The number of hydrogen-bond donors (Lipinski definition) is 3. The van der Waals surface area contributed by atoms with Crippen molar-refractivity contribution in [2.24, 2.45) is 11.8 Å². The monoisotopic (exact) mass is 432 g/mol. The molecule has 168 valence electrons. The minimum absolute atomic E-state index is 0.0592. The van der Waals surface area contributed by atoms with E-state index in [2.05, 4.69) is 6.92 Å². The Labute approximate surface area is 179 Å². The molecule has 0 aromatic heterocycles. The number of halogens is 1. The van der Waals surface area contributed by atoms with Crippen LogP contribution in [0, 0.1) is 11.8 Å². The Morgan fingerprint density at radius 2 is 1.97 bits per heavy atom. The molecule has 7 heteroatoms. The normalized spacial score (nSPS) is 37.8. The van der Waals surface area contributed by atoms with Gasteiger partial charge in [0, 0.05) is 11.6 Å². The highest BCUT2D eigenvalue weighted by atomic mass is 35.5. The molecular weight excluding hydrogens is 396 g/mol. The molecule has 2 saturated heterocycles. The molecule has 0 bridgehead atoms. The van der Waals surface area contributed by atoms with Gasteiger partial charge in [-0.1, -0.05) is 37.4 Å². The zero-order chi connectivity index (χ0) is 21.0. The van der Waals surface area contributed by atoms with Gasteiger partial charge in [-0.15, -0.1) is 0 Å². The summed E-state index contributed by atoms with van der Waals surface area (Å²) in [5.74, 6) is 0.305. The van der Waals surface area contributed by atoms with Gasteiger partial charge in [-0.25, -0.2) is 0 Å². The summed E-state index contributed by atoms with van der Waals surface area (Å²) >= 11 is 6.51. The van der Waals surface area contributed by atoms with Gasteiger partial charge in [0.2, 0.25) is 0 Å². The van der Waals surface area contributed by atoms with Crippen LogP contribution >= 0.6 is 11.6 Å². The van der Waals surface area contributed by atoms with E-state index in [0.717, 1.165) is 50.2 Å². The van der Waals surface area contributed by atoms with E-state index in [1.54, 1.807) is 0 Å². The largest absolute Gasteiger partial charge is 0.388 e. The highest BCUT2D eigenvalue weighted by molar-refractivity contribution is 6.29. The van der Waals surface area contributed by atoms with Crippen molar-refractivity contribution in [2.75, 3.05) is 19.8 Å². The van der Waals surface area contributed by atoms with E-state index in [1.807, 2.05) is 13.0 Å². The Bertz CT molecular complexity index is 551. The van der Waals surface area contributed by atoms with Crippen LogP contribution in [0.4, 0.5) is 0 Å². The first-order chi connectivity index (χ1) is 13.9. The average molecular weight is 433 g/mol. The van der Waals surface area contributed by atoms with E-state index in [0.29, 0.717) is 12.5 Å². The molecule has 2 aliphatic heterocycles. The third-order valence-corrected chi connectivity index (χ3v) is 7.32. The van der Waals surface area contributed by atoms with E-state index >= 15 is 0 Å². The number of aliphatic hydroxyl groups is 3. The number of allylic oxidation sites excluding steroid dienone is 2. The maximum absolute atomic E-state index is 10.6. The first-order valence-corrected chi connectivity index (χ1v) is 11.6. The lowest BCUT2D eigenvalue weighted by Crippen LogP contribution is -2.72. The predicted octanol–water partition coefficient (Wildman–Crippen LogP) is 2.76. The fourth-order valence-electron chi connectivity index (χ4n) is 4.95. The van der Waals surface area contributed by atoms with Crippen molar-refractivity contribution >= 4 is 11.6 Å². The number of ether oxygens (including phenoxy) is 3. The van der Waals surface area contributed by atoms with Crippen LogP contribution in [0.2, 0.25) is 0 Å². The van der Waals surface area contributed by atoms with Gasteiger partial charge in [0.05, 0.1) is 25.4 Å². The second-order valence-corrected chi connectivity index (χ2v) is 9.29. The molecule has 6 nitrogen and oxygen atoms in total. The Morgan fingerprint density at radius 3 is 2.59 bits per heavy atom. The lowest BCUT2D eigenvalue weighted by molar-refractivity contribution is -0.341. The molecule has 2 heterocycles. The summed E-state index contributed by atoms with van der Waals surface area (Å²) in [4.78, 5) is 0. The molecule has 3 unspecified atom stereocenters. The first kappa shape index (κ1) is 23.5. The van der Waals surface area contributed by atoms with E-state index in [4.69, 9.17) is 25.8 Å². The molecule has 0 aromatic carbocycles. The molecule has 0 amide bonds. The van der Waals surface area contributed by atoms with Crippen LogP contribution in [0.1, 0.15) is 58.8 Å². The predicted molar refractivity (Wildman–Crippen MR) is 111 cm³/mol. The Hall–Kier alpha value is -0.210. The Morgan fingerprint density at radius 1 is 1.21 bits per heavy atom. The van der Waals surface area contributed by atoms with Gasteiger partial charge in [0.25, 0.3) is 0 Å². The summed E-state index contributed by atoms with van der Waals surface area (Å²) in [7, 11) is 0. The summed E-state index contributed by atoms with van der Waals surface area (Å²) in [6.07, 6.45) is 5.21. The number of unbranched alkanes of at least 4 members (excludes halogenated alkanes) is 1. The highest BCUT2D eigenvalue weighted by Crippen LogP contribution is 2.43. The van der Waals surface area contributed by atoms with E-state index < -0.39 is 30.0 Å². The van der Waals surface area contributed by atoms with E-state index in [1.165, 1.54) is 0 Å². The van der Waals surface area contributed by atoms with Gasteiger partial charge in [-0.3, -0.25) is 0 Å². The fourth-order valence-corrected chi connectivity index (χ4v) is 5.24. The molecule has 7 atom stereocenters. The number of hydrogen-bond acceptors (Lipinski definition) is 6. The highest BCUT2D eigenvalue weighted by Gasteiger charge is 2.58. The molecular formula is C22H37ClO6. The summed E-state index contributed by atoms with van der Waals surface area (Å²) in [6.45, 7) is 5.45. The molecule has 0 radical (unpaired) electrons. The molecule has 1 aliphatic carbocycles. The second-order valence-electron chi connectivity index (χ2n) is 8.85. The summed E-state index contributed by atoms with van der Waals surface area (Å²) in [5, 5.41) is 32.2. The van der Waals surface area contributed by atoms with Crippen molar-refractivity contribution in [1.82, 2.24) is 0 Å². The zero-order valence-corrected chi connectivity index (χ0v) is 18.4. The van der Waals surface area contributed by atoms with Crippen LogP contribution in [-0.2, 0) is 14.2 Å². The molecule has 0 saturated carbocycles. The number of aliphatic hydroxyl groups excluding tert-OH is 3. The van der Waals surface area contributed by atoms with Crippen molar-refractivity contribution in [3.8, 4) is 0 Å². The minimum Gasteiger partial charge on any atom is -0.388 e. The molecule has 3 aliphatic rings. The van der Waals surface area contributed by atoms with Crippen LogP contribution in [0.25, 0.3) is 0 Å². The van der Waals surface area contributed by atoms with Crippen molar-refractivity contribution in [3.63, 3.8) is 0 Å². The molecule has 3 rings (SSSR count). The number of rotatable bonds is 9. The SMILES string of the molecule is CCOC(CC)CCCCC1CC([C@@H]2OC3(COC3)[C@@H](O)[C@H](O)[C@H]2O)CC=C1Cl. The maximum atomic E-state index is 10.6. The van der Waals surface area contributed by atoms with Gasteiger partial charge in [0.1, 0.15) is 23.9 Å². The summed E-state index contributed by atoms with van der Waals surface area (Å²) < 4.78 is 17.1. The van der Waals surface area contributed by atoms with Crippen LogP contribution in [0.5, 0.6) is 0 Å². The Kier molecular flexibility index (Phi) is 8.41. The van der Waals surface area contributed by atoms with Crippen LogP contribution in [0.3, 0.4) is 0 Å². The smallest absolute Gasteiger partial charge is 0.143 e. The van der Waals surface area contributed by atoms with E-state index in [9.17, 15) is 15.3 Å². The fraction of sp³-hybridized carbons (Fsp3) is 0.909. The third-order valence-electron chi connectivity index (χ3n) is 6.86. The van der Waals surface area contributed by atoms with Gasteiger partial charge in [-0.2, -0.15) is 0 Å².